The van der Waals surface area contributed by atoms with Crippen molar-refractivity contribution in [1.29, 1.82) is 0 Å². The second kappa shape index (κ2) is 7.33. The minimum atomic E-state index is -0.0145. The number of aromatic nitrogens is 1. The van der Waals surface area contributed by atoms with Crippen molar-refractivity contribution in [3.63, 3.8) is 0 Å². The van der Waals surface area contributed by atoms with Crippen LogP contribution in [0.25, 0.3) is 0 Å². The molecule has 0 saturated carbocycles. The van der Waals surface area contributed by atoms with E-state index in [9.17, 15) is 4.79 Å². The number of nitrogens with one attached hydrogen (secondary N) is 1. The molecular weight excluding hydrogens is 358 g/mol. The van der Waals surface area contributed by atoms with E-state index in [1.165, 1.54) is 11.1 Å². The first-order valence-corrected chi connectivity index (χ1v) is 9.62. The van der Waals surface area contributed by atoms with Crippen LogP contribution < -0.4 is 5.32 Å². The van der Waals surface area contributed by atoms with E-state index in [1.54, 1.807) is 0 Å². The lowest BCUT2D eigenvalue weighted by atomic mass is 9.87. The molecule has 4 rings (SSSR count). The van der Waals surface area contributed by atoms with Gasteiger partial charge in [0.2, 0.25) is 0 Å². The zero-order chi connectivity index (χ0) is 18.5. The largest absolute Gasteiger partial charge is 0.348 e. The molecule has 27 heavy (non-hydrogen) atoms. The molecule has 4 nitrogen and oxygen atoms in total. The van der Waals surface area contributed by atoms with Gasteiger partial charge in [0.15, 0.2) is 0 Å². The molecule has 1 N–H and O–H groups in total. The Balaban J connectivity index is 0.00000210. The fourth-order valence-corrected chi connectivity index (χ4v) is 4.55. The maximum absolute atomic E-state index is 13.4. The Kier molecular flexibility index (Phi) is 5.42. The van der Waals surface area contributed by atoms with Crippen LogP contribution in [0.5, 0.6) is 0 Å². The van der Waals surface area contributed by atoms with E-state index in [0.717, 1.165) is 25.2 Å². The molecule has 2 aliphatic rings. The number of nitrogens with zero attached hydrogens (tertiary/aromatic N) is 2. The number of benzene rings is 1. The fraction of sp³-hybridized carbons (Fsp3) is 0.500. The lowest BCUT2D eigenvalue weighted by Crippen LogP contribution is -2.35. The first-order valence-electron chi connectivity index (χ1n) is 9.62. The van der Waals surface area contributed by atoms with Crippen LogP contribution in [0.15, 0.2) is 42.7 Å². The summed E-state index contributed by atoms with van der Waals surface area (Å²) in [5, 5.41) is 3.52. The van der Waals surface area contributed by atoms with Crippen LogP contribution in [-0.2, 0) is 5.54 Å². The molecule has 2 saturated heterocycles. The minimum absolute atomic E-state index is 0. The van der Waals surface area contributed by atoms with Crippen molar-refractivity contribution in [2.45, 2.75) is 39.3 Å². The van der Waals surface area contributed by atoms with Crippen molar-refractivity contribution in [2.75, 3.05) is 19.6 Å². The number of carbonyl (C=O) groups is 1. The zero-order valence-corrected chi connectivity index (χ0v) is 17.4. The van der Waals surface area contributed by atoms with E-state index in [2.05, 4.69) is 66.7 Å². The van der Waals surface area contributed by atoms with E-state index >= 15 is 0 Å². The molecular formula is C22H30ClN3O. The van der Waals surface area contributed by atoms with Gasteiger partial charge in [-0.25, -0.2) is 0 Å². The second-order valence-corrected chi connectivity index (χ2v) is 8.82. The molecule has 0 unspecified atom stereocenters. The Morgan fingerprint density at radius 2 is 1.89 bits per heavy atom. The molecule has 2 fully saturated rings. The van der Waals surface area contributed by atoms with E-state index in [-0.39, 0.29) is 29.9 Å². The van der Waals surface area contributed by atoms with E-state index in [4.69, 9.17) is 0 Å². The first kappa shape index (κ1) is 20.0. The first-order chi connectivity index (χ1) is 12.4. The van der Waals surface area contributed by atoms with E-state index in [0.29, 0.717) is 11.8 Å². The number of amides is 1. The van der Waals surface area contributed by atoms with Crippen LogP contribution in [-0.4, -0.2) is 35.0 Å². The van der Waals surface area contributed by atoms with Crippen molar-refractivity contribution in [3.8, 4) is 0 Å². The maximum atomic E-state index is 13.4. The summed E-state index contributed by atoms with van der Waals surface area (Å²) in [5.41, 5.74) is 3.35. The SMILES string of the molecule is Cc1ccccc1[C@@H]1[C@H]2CNC[C@H]2CN1C(=O)c1ccn(C(C)(C)C)c1.Cl. The molecule has 0 aliphatic carbocycles. The second-order valence-electron chi connectivity index (χ2n) is 8.82. The molecule has 1 aromatic heterocycles. The molecule has 0 bridgehead atoms. The van der Waals surface area contributed by atoms with Gasteiger partial charge >= 0.3 is 0 Å². The molecule has 3 heterocycles. The van der Waals surface area contributed by atoms with Gasteiger partial charge in [0.25, 0.3) is 5.91 Å². The summed E-state index contributed by atoms with van der Waals surface area (Å²) < 4.78 is 2.13. The number of hydrogen-bond acceptors (Lipinski definition) is 2. The molecule has 0 spiro atoms. The molecule has 1 amide bonds. The summed E-state index contributed by atoms with van der Waals surface area (Å²) in [6.45, 7) is 11.5. The summed E-state index contributed by atoms with van der Waals surface area (Å²) in [6, 6.07) is 10.7. The average molecular weight is 388 g/mol. The van der Waals surface area contributed by atoms with Crippen LogP contribution in [0.4, 0.5) is 0 Å². The number of fused-ring (bicyclic) bond motifs is 1. The normalized spacial score (nSPS) is 24.6. The summed E-state index contributed by atoms with van der Waals surface area (Å²) >= 11 is 0. The lowest BCUT2D eigenvalue weighted by Gasteiger charge is -2.29. The number of rotatable bonds is 2. The standard InChI is InChI=1S/C22H29N3O.ClH/c1-15-7-5-6-8-18(15)20-19-12-23-11-17(19)14-25(20)21(26)16-9-10-24(13-16)22(2,3)4;/h5-10,13,17,19-20,23H,11-12,14H2,1-4H3;1H/t17-,19-,20+;/m0./s1. The quantitative estimate of drug-likeness (QED) is 0.845. The van der Waals surface area contributed by atoms with Crippen molar-refractivity contribution < 1.29 is 4.79 Å². The van der Waals surface area contributed by atoms with Crippen LogP contribution in [0.2, 0.25) is 0 Å². The number of aryl methyl sites for hydroxylation is 1. The predicted octanol–water partition coefficient (Wildman–Crippen LogP) is 4.01. The summed E-state index contributed by atoms with van der Waals surface area (Å²) in [6.07, 6.45) is 4.03. The Hall–Kier alpha value is -1.78. The summed E-state index contributed by atoms with van der Waals surface area (Å²) in [4.78, 5) is 15.5. The molecule has 3 atom stereocenters. The van der Waals surface area contributed by atoms with Crippen LogP contribution >= 0.6 is 12.4 Å². The highest BCUT2D eigenvalue weighted by atomic mass is 35.5. The Bertz CT molecular complexity index is 823. The van der Waals surface area contributed by atoms with Gasteiger partial charge in [-0.3, -0.25) is 4.79 Å². The molecule has 5 heteroatoms. The third-order valence-corrected chi connectivity index (χ3v) is 6.05. The Labute approximate surface area is 168 Å². The van der Waals surface area contributed by atoms with Gasteiger partial charge in [0.05, 0.1) is 11.6 Å². The third-order valence-electron chi connectivity index (χ3n) is 6.05. The monoisotopic (exact) mass is 387 g/mol. The smallest absolute Gasteiger partial charge is 0.255 e. The Morgan fingerprint density at radius 3 is 2.56 bits per heavy atom. The van der Waals surface area contributed by atoms with Crippen molar-refractivity contribution >= 4 is 18.3 Å². The van der Waals surface area contributed by atoms with Gasteiger partial charge in [0.1, 0.15) is 0 Å². The van der Waals surface area contributed by atoms with Crippen molar-refractivity contribution in [1.82, 2.24) is 14.8 Å². The molecule has 2 aromatic rings. The number of carbonyl (C=O) groups excluding carboxylic acids is 1. The van der Waals surface area contributed by atoms with Gasteiger partial charge in [0, 0.05) is 43.5 Å². The minimum Gasteiger partial charge on any atom is -0.348 e. The summed E-state index contributed by atoms with van der Waals surface area (Å²) in [7, 11) is 0. The van der Waals surface area contributed by atoms with Crippen molar-refractivity contribution in [2.24, 2.45) is 11.8 Å². The van der Waals surface area contributed by atoms with Crippen LogP contribution in [0, 0.1) is 18.8 Å². The van der Waals surface area contributed by atoms with Gasteiger partial charge in [-0.1, -0.05) is 24.3 Å². The Morgan fingerprint density at radius 1 is 1.15 bits per heavy atom. The molecule has 1 aromatic carbocycles. The summed E-state index contributed by atoms with van der Waals surface area (Å²) in [5.74, 6) is 1.22. The average Bonchev–Trinajstić information content (AvgIpc) is 3.29. The number of hydrogen-bond donors (Lipinski definition) is 1. The lowest BCUT2D eigenvalue weighted by molar-refractivity contribution is 0.0713. The number of likely N-dealkylation sites (tertiary alicyclic amines) is 1. The maximum Gasteiger partial charge on any atom is 0.255 e. The van der Waals surface area contributed by atoms with Gasteiger partial charge in [-0.15, -0.1) is 12.4 Å². The van der Waals surface area contributed by atoms with E-state index in [1.807, 2.05) is 18.5 Å². The molecule has 146 valence electrons. The fourth-order valence-electron chi connectivity index (χ4n) is 4.55. The number of halogens is 1. The highest BCUT2D eigenvalue weighted by molar-refractivity contribution is 5.94. The van der Waals surface area contributed by atoms with Crippen molar-refractivity contribution in [3.05, 3.63) is 59.4 Å². The van der Waals surface area contributed by atoms with Crippen LogP contribution in [0.1, 0.15) is 48.3 Å². The topological polar surface area (TPSA) is 37.3 Å². The third kappa shape index (κ3) is 3.53. The highest BCUT2D eigenvalue weighted by Crippen LogP contribution is 2.44. The van der Waals surface area contributed by atoms with Gasteiger partial charge in [-0.05, 0) is 50.8 Å². The highest BCUT2D eigenvalue weighted by Gasteiger charge is 2.47. The van der Waals surface area contributed by atoms with Crippen LogP contribution in [0.3, 0.4) is 0 Å². The zero-order valence-electron chi connectivity index (χ0n) is 16.6. The van der Waals surface area contributed by atoms with E-state index < -0.39 is 0 Å². The van der Waals surface area contributed by atoms with Gasteiger partial charge < -0.3 is 14.8 Å². The van der Waals surface area contributed by atoms with Gasteiger partial charge in [-0.2, -0.15) is 0 Å². The predicted molar refractivity (Wildman–Crippen MR) is 111 cm³/mol. The molecule has 0 radical (unpaired) electrons. The molecule has 2 aliphatic heterocycles.